The first kappa shape index (κ1) is 16.2. The van der Waals surface area contributed by atoms with E-state index in [0.717, 1.165) is 34.3 Å². The van der Waals surface area contributed by atoms with Gasteiger partial charge >= 0.3 is 0 Å². The van der Waals surface area contributed by atoms with Crippen molar-refractivity contribution in [1.82, 2.24) is 4.98 Å². The molecule has 1 atom stereocenters. The second-order valence-corrected chi connectivity index (χ2v) is 8.38. The third kappa shape index (κ3) is 2.57. The molecular formula is C24H22N2O. The molecule has 2 aromatic carbocycles. The van der Waals surface area contributed by atoms with E-state index in [-0.39, 0.29) is 17.2 Å². The van der Waals surface area contributed by atoms with Crippen LogP contribution in [0.15, 0.2) is 66.4 Å². The molecule has 2 heterocycles. The van der Waals surface area contributed by atoms with Gasteiger partial charge in [0.05, 0.1) is 11.7 Å². The van der Waals surface area contributed by atoms with Gasteiger partial charge in [-0.2, -0.15) is 0 Å². The van der Waals surface area contributed by atoms with Gasteiger partial charge in [-0.15, -0.1) is 0 Å². The van der Waals surface area contributed by atoms with Gasteiger partial charge in [-0.3, -0.25) is 9.78 Å². The van der Waals surface area contributed by atoms with Crippen LogP contribution in [0.1, 0.15) is 44.0 Å². The van der Waals surface area contributed by atoms with Crippen molar-refractivity contribution >= 4 is 27.8 Å². The highest BCUT2D eigenvalue weighted by molar-refractivity contribution is 6.28. The molecule has 0 saturated heterocycles. The van der Waals surface area contributed by atoms with Gasteiger partial charge in [0.2, 0.25) is 0 Å². The Balaban J connectivity index is 1.82. The van der Waals surface area contributed by atoms with Crippen molar-refractivity contribution in [2.45, 2.75) is 32.7 Å². The monoisotopic (exact) mass is 354 g/mol. The number of benzene rings is 2. The number of Topliss-reactive ketones (excluding diaryl/α,β-unsaturated/α-hetero) is 1. The molecule has 1 aliphatic heterocycles. The largest absolute Gasteiger partial charge is 0.372 e. The average Bonchev–Trinajstić information content (AvgIpc) is 2.66. The van der Waals surface area contributed by atoms with E-state index in [0.29, 0.717) is 6.42 Å². The second-order valence-electron chi connectivity index (χ2n) is 8.38. The zero-order chi connectivity index (χ0) is 18.6. The fraction of sp³-hybridized carbons (Fsp3) is 0.250. The summed E-state index contributed by atoms with van der Waals surface area (Å²) in [6, 6.07) is 18.5. The number of rotatable bonds is 1. The Kier molecular flexibility index (Phi) is 3.48. The highest BCUT2D eigenvalue weighted by atomic mass is 16.1. The maximum Gasteiger partial charge on any atom is 0.164 e. The van der Waals surface area contributed by atoms with Crippen molar-refractivity contribution in [3.05, 3.63) is 77.6 Å². The molecule has 0 unspecified atom stereocenters. The molecule has 1 N–H and O–H groups in total. The third-order valence-electron chi connectivity index (χ3n) is 5.72. The summed E-state index contributed by atoms with van der Waals surface area (Å²) in [5, 5.41) is 6.00. The van der Waals surface area contributed by atoms with Gasteiger partial charge in [-0.1, -0.05) is 50.2 Å². The van der Waals surface area contributed by atoms with E-state index in [1.54, 1.807) is 0 Å². The van der Waals surface area contributed by atoms with E-state index in [2.05, 4.69) is 48.4 Å². The van der Waals surface area contributed by atoms with E-state index >= 15 is 0 Å². The number of aromatic nitrogens is 1. The van der Waals surface area contributed by atoms with Crippen LogP contribution in [0.5, 0.6) is 0 Å². The van der Waals surface area contributed by atoms with Crippen molar-refractivity contribution in [3.8, 4) is 0 Å². The highest BCUT2D eigenvalue weighted by Crippen LogP contribution is 2.51. The molecule has 1 aliphatic carbocycles. The van der Waals surface area contributed by atoms with Crippen molar-refractivity contribution < 1.29 is 4.79 Å². The quantitative estimate of drug-likeness (QED) is 0.623. The number of hydrogen-bond donors (Lipinski definition) is 1. The molecule has 2 aliphatic rings. The van der Waals surface area contributed by atoms with E-state index in [1.165, 1.54) is 11.0 Å². The van der Waals surface area contributed by atoms with Crippen LogP contribution >= 0.6 is 0 Å². The minimum atomic E-state index is -0.0570. The summed E-state index contributed by atoms with van der Waals surface area (Å²) in [5.74, 6) is 0.251. The Morgan fingerprint density at radius 3 is 2.63 bits per heavy atom. The maximum atomic E-state index is 13.3. The zero-order valence-electron chi connectivity index (χ0n) is 15.6. The molecule has 5 rings (SSSR count). The Morgan fingerprint density at radius 2 is 1.81 bits per heavy atom. The number of anilines is 1. The van der Waals surface area contributed by atoms with Crippen molar-refractivity contribution in [2.24, 2.45) is 5.41 Å². The molecule has 0 saturated carbocycles. The van der Waals surface area contributed by atoms with Gasteiger partial charge in [0, 0.05) is 29.4 Å². The number of carbonyl (C=O) groups is 1. The summed E-state index contributed by atoms with van der Waals surface area (Å²) in [5.41, 5.74) is 5.11. The molecule has 27 heavy (non-hydrogen) atoms. The molecule has 0 bridgehead atoms. The second kappa shape index (κ2) is 5.78. The van der Waals surface area contributed by atoms with Gasteiger partial charge in [0.25, 0.3) is 0 Å². The standard InChI is InChI=1S/C24H22N2O/c1-24(2)13-17-22(20(27)14-24)21-16-8-4-3-7-15(16)10-11-18(21)26-23(17)19-9-5-6-12-25-19/h3-12,23,26H,13-14H2,1-2H3/t23-/m1/s1. The fourth-order valence-electron chi connectivity index (χ4n) is 4.62. The summed E-state index contributed by atoms with van der Waals surface area (Å²) in [4.78, 5) is 17.9. The molecule has 0 radical (unpaired) electrons. The number of ketones is 1. The van der Waals surface area contributed by atoms with Crippen LogP contribution in [-0.4, -0.2) is 10.8 Å². The number of fused-ring (bicyclic) bond motifs is 4. The Bertz CT molecular complexity index is 1100. The lowest BCUT2D eigenvalue weighted by molar-refractivity contribution is -0.116. The van der Waals surface area contributed by atoms with Gasteiger partial charge < -0.3 is 5.32 Å². The predicted octanol–water partition coefficient (Wildman–Crippen LogP) is 5.54. The molecule has 0 fully saturated rings. The summed E-state index contributed by atoms with van der Waals surface area (Å²) in [6.45, 7) is 4.37. The Hall–Kier alpha value is -2.94. The topological polar surface area (TPSA) is 42.0 Å². The van der Waals surface area contributed by atoms with Crippen LogP contribution in [0.4, 0.5) is 5.69 Å². The molecule has 3 aromatic rings. The van der Waals surface area contributed by atoms with Crippen LogP contribution in [0.3, 0.4) is 0 Å². The van der Waals surface area contributed by atoms with Crippen LogP contribution in [0.2, 0.25) is 0 Å². The van der Waals surface area contributed by atoms with E-state index in [9.17, 15) is 4.79 Å². The lowest BCUT2D eigenvalue weighted by Crippen LogP contribution is -2.32. The van der Waals surface area contributed by atoms with Gasteiger partial charge in [-0.25, -0.2) is 0 Å². The van der Waals surface area contributed by atoms with Gasteiger partial charge in [0.1, 0.15) is 0 Å². The maximum absolute atomic E-state index is 13.3. The smallest absolute Gasteiger partial charge is 0.164 e. The van der Waals surface area contributed by atoms with Crippen LogP contribution < -0.4 is 5.32 Å². The summed E-state index contributed by atoms with van der Waals surface area (Å²) < 4.78 is 0. The highest BCUT2D eigenvalue weighted by Gasteiger charge is 2.40. The first-order chi connectivity index (χ1) is 13.0. The fourth-order valence-corrected chi connectivity index (χ4v) is 4.62. The number of nitrogens with zero attached hydrogens (tertiary/aromatic N) is 1. The van der Waals surface area contributed by atoms with Crippen LogP contribution in [-0.2, 0) is 4.79 Å². The minimum absolute atomic E-state index is 0.0350. The van der Waals surface area contributed by atoms with Crippen molar-refractivity contribution in [2.75, 3.05) is 5.32 Å². The van der Waals surface area contributed by atoms with E-state index < -0.39 is 0 Å². The molecule has 3 nitrogen and oxygen atoms in total. The van der Waals surface area contributed by atoms with Crippen LogP contribution in [0.25, 0.3) is 16.3 Å². The zero-order valence-corrected chi connectivity index (χ0v) is 15.6. The van der Waals surface area contributed by atoms with E-state index in [1.807, 2.05) is 36.5 Å². The molecule has 0 spiro atoms. The number of nitrogens with one attached hydrogen (secondary N) is 1. The average molecular weight is 354 g/mol. The third-order valence-corrected chi connectivity index (χ3v) is 5.72. The lowest BCUT2D eigenvalue weighted by Gasteiger charge is -2.40. The van der Waals surface area contributed by atoms with E-state index in [4.69, 9.17) is 0 Å². The first-order valence-corrected chi connectivity index (χ1v) is 9.49. The van der Waals surface area contributed by atoms with Gasteiger partial charge in [-0.05, 0) is 46.4 Å². The van der Waals surface area contributed by atoms with Crippen LogP contribution in [0, 0.1) is 5.41 Å². The normalized spacial score (nSPS) is 20.8. The Morgan fingerprint density at radius 1 is 1.00 bits per heavy atom. The number of allylic oxidation sites excluding steroid dienone is 1. The van der Waals surface area contributed by atoms with Gasteiger partial charge in [0.15, 0.2) is 5.78 Å². The molecule has 0 amide bonds. The number of hydrogen-bond acceptors (Lipinski definition) is 3. The molecule has 3 heteroatoms. The number of pyridine rings is 1. The SMILES string of the molecule is CC1(C)CC(=O)C2=C(C1)[C@H](c1ccccn1)Nc1ccc3ccccc3c12. The lowest BCUT2D eigenvalue weighted by atomic mass is 9.68. The molecular weight excluding hydrogens is 332 g/mol. The molecule has 1 aromatic heterocycles. The summed E-state index contributed by atoms with van der Waals surface area (Å²) >= 11 is 0. The number of carbonyl (C=O) groups excluding carboxylic acids is 1. The summed E-state index contributed by atoms with van der Waals surface area (Å²) in [6.07, 6.45) is 3.30. The van der Waals surface area contributed by atoms with Crippen molar-refractivity contribution in [3.63, 3.8) is 0 Å². The minimum Gasteiger partial charge on any atom is -0.372 e. The van der Waals surface area contributed by atoms with Crippen molar-refractivity contribution in [1.29, 1.82) is 0 Å². The molecule has 134 valence electrons. The Labute approximate surface area is 159 Å². The predicted molar refractivity (Wildman–Crippen MR) is 109 cm³/mol. The summed E-state index contributed by atoms with van der Waals surface area (Å²) in [7, 11) is 0. The first-order valence-electron chi connectivity index (χ1n) is 9.49.